The number of amides is 2. The van der Waals surface area contributed by atoms with Gasteiger partial charge in [0, 0.05) is 18.1 Å². The molecule has 0 saturated heterocycles. The number of aryl methyl sites for hydroxylation is 1. The summed E-state index contributed by atoms with van der Waals surface area (Å²) >= 11 is 0. The fraction of sp³-hybridized carbons (Fsp3) is 0.125. The van der Waals surface area contributed by atoms with Gasteiger partial charge in [0.2, 0.25) is 11.8 Å². The van der Waals surface area contributed by atoms with Crippen LogP contribution in [0.3, 0.4) is 0 Å². The zero-order valence-electron chi connectivity index (χ0n) is 16.9. The predicted octanol–water partition coefficient (Wildman–Crippen LogP) is 4.14. The third-order valence-corrected chi connectivity index (χ3v) is 4.80. The van der Waals surface area contributed by atoms with Crippen LogP contribution in [0.1, 0.15) is 16.8 Å². The first kappa shape index (κ1) is 20.3. The van der Waals surface area contributed by atoms with Gasteiger partial charge in [0.1, 0.15) is 11.5 Å². The van der Waals surface area contributed by atoms with E-state index in [1.54, 1.807) is 0 Å². The fourth-order valence-electron chi connectivity index (χ4n) is 3.33. The van der Waals surface area contributed by atoms with E-state index < -0.39 is 5.82 Å². The summed E-state index contributed by atoms with van der Waals surface area (Å²) in [6, 6.07) is 17.1. The van der Waals surface area contributed by atoms with Crippen LogP contribution >= 0.6 is 0 Å². The number of hydrogen-bond acceptors (Lipinski definition) is 3. The van der Waals surface area contributed by atoms with Gasteiger partial charge in [-0.25, -0.2) is 9.37 Å². The highest BCUT2D eigenvalue weighted by Crippen LogP contribution is 2.20. The number of pyridine rings is 1. The Morgan fingerprint density at radius 3 is 2.52 bits per heavy atom. The summed E-state index contributed by atoms with van der Waals surface area (Å²) < 4.78 is 16.0. The van der Waals surface area contributed by atoms with Crippen molar-refractivity contribution >= 4 is 28.8 Å². The Kier molecular flexibility index (Phi) is 5.75. The zero-order chi connectivity index (χ0) is 21.8. The Morgan fingerprint density at radius 1 is 0.968 bits per heavy atom. The Bertz CT molecular complexity index is 1250. The van der Waals surface area contributed by atoms with E-state index in [4.69, 9.17) is 0 Å². The van der Waals surface area contributed by atoms with Crippen molar-refractivity contribution in [3.05, 3.63) is 95.7 Å². The molecule has 0 spiro atoms. The van der Waals surface area contributed by atoms with Crippen LogP contribution in [0.5, 0.6) is 0 Å². The number of imidazole rings is 1. The average Bonchev–Trinajstić information content (AvgIpc) is 3.15. The third-order valence-electron chi connectivity index (χ3n) is 4.80. The Hall–Kier alpha value is -4.00. The quantitative estimate of drug-likeness (QED) is 0.496. The van der Waals surface area contributed by atoms with E-state index >= 15 is 0 Å². The van der Waals surface area contributed by atoms with E-state index in [0.29, 0.717) is 11.4 Å². The van der Waals surface area contributed by atoms with Crippen molar-refractivity contribution in [2.45, 2.75) is 19.8 Å². The summed E-state index contributed by atoms with van der Waals surface area (Å²) in [6.45, 7) is 1.96. The lowest BCUT2D eigenvalue weighted by atomic mass is 10.1. The minimum atomic E-state index is -0.574. The molecule has 2 N–H and O–H groups in total. The van der Waals surface area contributed by atoms with Gasteiger partial charge in [-0.05, 0) is 42.3 Å². The number of fused-ring (bicyclic) bond motifs is 1. The van der Waals surface area contributed by atoms with Crippen LogP contribution in [0.25, 0.3) is 5.65 Å². The molecule has 2 aromatic carbocycles. The van der Waals surface area contributed by atoms with Crippen molar-refractivity contribution in [2.75, 3.05) is 10.6 Å². The Morgan fingerprint density at radius 2 is 1.74 bits per heavy atom. The van der Waals surface area contributed by atoms with E-state index in [1.165, 1.54) is 18.2 Å². The second-order valence-electron chi connectivity index (χ2n) is 7.28. The monoisotopic (exact) mass is 416 g/mol. The summed E-state index contributed by atoms with van der Waals surface area (Å²) in [5, 5.41) is 5.30. The Labute approximate surface area is 178 Å². The summed E-state index contributed by atoms with van der Waals surface area (Å²) in [6.07, 6.45) is 3.89. The van der Waals surface area contributed by atoms with E-state index in [1.807, 2.05) is 66.2 Å². The molecule has 0 atom stereocenters. The molecule has 4 rings (SSSR count). The molecule has 0 unspecified atom stereocenters. The van der Waals surface area contributed by atoms with Crippen LogP contribution in [-0.4, -0.2) is 21.2 Å². The number of hydrogen-bond donors (Lipinski definition) is 2. The maximum atomic E-state index is 14.2. The maximum Gasteiger partial charge on any atom is 0.230 e. The molecule has 2 aromatic heterocycles. The van der Waals surface area contributed by atoms with Crippen LogP contribution in [-0.2, 0) is 22.4 Å². The van der Waals surface area contributed by atoms with Crippen molar-refractivity contribution in [1.29, 1.82) is 0 Å². The first-order valence-corrected chi connectivity index (χ1v) is 9.84. The number of anilines is 2. The van der Waals surface area contributed by atoms with Crippen molar-refractivity contribution in [3.63, 3.8) is 0 Å². The first-order valence-electron chi connectivity index (χ1n) is 9.84. The number of nitrogens with zero attached hydrogens (tertiary/aromatic N) is 2. The number of nitrogens with one attached hydrogen (secondary N) is 2. The number of benzene rings is 2. The summed E-state index contributed by atoms with van der Waals surface area (Å²) in [5.74, 6) is -1.20. The smallest absolute Gasteiger partial charge is 0.230 e. The highest BCUT2D eigenvalue weighted by atomic mass is 19.1. The lowest BCUT2D eigenvalue weighted by Crippen LogP contribution is -2.17. The molecule has 2 heterocycles. The lowest BCUT2D eigenvalue weighted by molar-refractivity contribution is -0.116. The molecule has 4 aromatic rings. The molecular weight excluding hydrogens is 395 g/mol. The van der Waals surface area contributed by atoms with Gasteiger partial charge in [0.05, 0.1) is 24.2 Å². The van der Waals surface area contributed by atoms with Crippen LogP contribution in [0.2, 0.25) is 0 Å². The summed E-state index contributed by atoms with van der Waals surface area (Å²) in [5.41, 5.74) is 3.68. The van der Waals surface area contributed by atoms with Gasteiger partial charge >= 0.3 is 0 Å². The molecule has 2 amide bonds. The van der Waals surface area contributed by atoms with Crippen molar-refractivity contribution < 1.29 is 14.0 Å². The van der Waals surface area contributed by atoms with Gasteiger partial charge in [0.15, 0.2) is 0 Å². The van der Waals surface area contributed by atoms with Crippen molar-refractivity contribution in [3.8, 4) is 0 Å². The van der Waals surface area contributed by atoms with E-state index in [2.05, 4.69) is 15.6 Å². The highest BCUT2D eigenvalue weighted by Gasteiger charge is 2.12. The molecule has 0 aliphatic carbocycles. The van der Waals surface area contributed by atoms with Gasteiger partial charge in [-0.15, -0.1) is 0 Å². The minimum absolute atomic E-state index is 0.0158. The standard InChI is InChI=1S/C24H21FN4O2/c1-16-6-5-11-29-15-19(27-24(16)29)14-23(31)26-18-9-10-20(25)21(13-18)28-22(30)12-17-7-3-2-4-8-17/h2-11,13,15H,12,14H2,1H3,(H,26,31)(H,28,30). The lowest BCUT2D eigenvalue weighted by Gasteiger charge is -2.10. The summed E-state index contributed by atoms with van der Waals surface area (Å²) in [7, 11) is 0. The molecular formula is C24H21FN4O2. The second-order valence-corrected chi connectivity index (χ2v) is 7.28. The van der Waals surface area contributed by atoms with Crippen LogP contribution in [0.15, 0.2) is 73.1 Å². The molecule has 7 heteroatoms. The molecule has 0 aliphatic heterocycles. The van der Waals surface area contributed by atoms with Crippen LogP contribution < -0.4 is 10.6 Å². The van der Waals surface area contributed by atoms with E-state index in [9.17, 15) is 14.0 Å². The van der Waals surface area contributed by atoms with E-state index in [-0.39, 0.29) is 30.3 Å². The zero-order valence-corrected chi connectivity index (χ0v) is 16.9. The van der Waals surface area contributed by atoms with Crippen LogP contribution in [0.4, 0.5) is 15.8 Å². The Balaban J connectivity index is 1.41. The summed E-state index contributed by atoms with van der Waals surface area (Å²) in [4.78, 5) is 29.2. The molecule has 0 aliphatic rings. The molecule has 156 valence electrons. The first-order chi connectivity index (χ1) is 15.0. The number of carbonyl (C=O) groups is 2. The topological polar surface area (TPSA) is 75.5 Å². The number of carbonyl (C=O) groups excluding carboxylic acids is 2. The maximum absolute atomic E-state index is 14.2. The molecule has 0 bridgehead atoms. The van der Waals surface area contributed by atoms with Gasteiger partial charge in [-0.1, -0.05) is 36.4 Å². The van der Waals surface area contributed by atoms with Gasteiger partial charge < -0.3 is 15.0 Å². The normalized spacial score (nSPS) is 10.8. The van der Waals surface area contributed by atoms with Crippen molar-refractivity contribution in [2.24, 2.45) is 0 Å². The molecule has 0 saturated carbocycles. The van der Waals surface area contributed by atoms with Gasteiger partial charge in [-0.3, -0.25) is 9.59 Å². The molecule has 0 radical (unpaired) electrons. The SMILES string of the molecule is Cc1cccn2cc(CC(=O)Nc3ccc(F)c(NC(=O)Cc4ccccc4)c3)nc12. The third kappa shape index (κ3) is 4.95. The molecule has 0 fully saturated rings. The predicted molar refractivity (Wildman–Crippen MR) is 117 cm³/mol. The largest absolute Gasteiger partial charge is 0.326 e. The second kappa shape index (κ2) is 8.79. The number of aromatic nitrogens is 2. The average molecular weight is 416 g/mol. The molecule has 31 heavy (non-hydrogen) atoms. The fourth-order valence-corrected chi connectivity index (χ4v) is 3.33. The minimum Gasteiger partial charge on any atom is -0.326 e. The van der Waals surface area contributed by atoms with Gasteiger partial charge in [0.25, 0.3) is 0 Å². The highest BCUT2D eigenvalue weighted by molar-refractivity contribution is 5.95. The van der Waals surface area contributed by atoms with E-state index in [0.717, 1.165) is 16.8 Å². The van der Waals surface area contributed by atoms with Gasteiger partial charge in [-0.2, -0.15) is 0 Å². The number of halogens is 1. The number of rotatable bonds is 6. The molecule has 6 nitrogen and oxygen atoms in total. The van der Waals surface area contributed by atoms with Crippen molar-refractivity contribution in [1.82, 2.24) is 9.38 Å². The van der Waals surface area contributed by atoms with Crippen LogP contribution in [0, 0.1) is 12.7 Å².